The molecular formula is C19H17N5O2S. The first-order chi connectivity index (χ1) is 13.1. The van der Waals surface area contributed by atoms with E-state index in [1.807, 2.05) is 41.0 Å². The molecule has 27 heavy (non-hydrogen) atoms. The maximum absolute atomic E-state index is 12.2. The average Bonchev–Trinajstić information content (AvgIpc) is 3.31. The molecule has 0 amide bonds. The Balaban J connectivity index is 1.88. The van der Waals surface area contributed by atoms with Crippen molar-refractivity contribution in [1.82, 2.24) is 14.8 Å². The summed E-state index contributed by atoms with van der Waals surface area (Å²) in [5.74, 6) is 0.871. The summed E-state index contributed by atoms with van der Waals surface area (Å²) in [5, 5.41) is 18.1. The lowest BCUT2D eigenvalue weighted by atomic mass is 10.2. The van der Waals surface area contributed by atoms with Gasteiger partial charge in [0.1, 0.15) is 11.6 Å². The van der Waals surface area contributed by atoms with E-state index in [0.717, 1.165) is 5.56 Å². The lowest BCUT2D eigenvalue weighted by Gasteiger charge is -2.09. The van der Waals surface area contributed by atoms with E-state index in [2.05, 4.69) is 10.2 Å². The van der Waals surface area contributed by atoms with E-state index >= 15 is 0 Å². The Morgan fingerprint density at radius 2 is 2.04 bits per heavy atom. The highest BCUT2D eigenvalue weighted by atomic mass is 32.2. The molecule has 0 aliphatic rings. The zero-order valence-corrected chi connectivity index (χ0v) is 15.4. The lowest BCUT2D eigenvalue weighted by molar-refractivity contribution is -0.112. The summed E-state index contributed by atoms with van der Waals surface area (Å²) in [6.45, 7) is 2.06. The fourth-order valence-electron chi connectivity index (χ4n) is 2.46. The van der Waals surface area contributed by atoms with Crippen molar-refractivity contribution in [1.29, 1.82) is 5.26 Å². The van der Waals surface area contributed by atoms with Crippen LogP contribution in [-0.4, -0.2) is 26.3 Å². The van der Waals surface area contributed by atoms with Crippen molar-refractivity contribution < 1.29 is 9.21 Å². The molecule has 8 heteroatoms. The molecule has 0 saturated carbocycles. The zero-order chi connectivity index (χ0) is 19.2. The van der Waals surface area contributed by atoms with Crippen LogP contribution in [0.15, 0.2) is 69.6 Å². The third-order valence-corrected chi connectivity index (χ3v) is 4.73. The predicted molar refractivity (Wildman–Crippen MR) is 101 cm³/mol. The summed E-state index contributed by atoms with van der Waals surface area (Å²) in [4.78, 5) is 12.2. The number of Topliss-reactive ketones (excluding diaryl/α,β-unsaturated/α-hetero) is 1. The standard InChI is InChI=1S/C19H17N5O2S/c1-13(21)15(10-20)16(25)12-27-19-23-22-18(17-8-5-9-26-17)24(19)11-14-6-3-2-4-7-14/h2-9H,11-12,21H2,1H3/b15-13+. The number of hydrogen-bond acceptors (Lipinski definition) is 7. The first-order valence-electron chi connectivity index (χ1n) is 8.13. The Kier molecular flexibility index (Phi) is 5.74. The van der Waals surface area contributed by atoms with E-state index in [0.29, 0.717) is 23.3 Å². The maximum Gasteiger partial charge on any atom is 0.200 e. The summed E-state index contributed by atoms with van der Waals surface area (Å²) < 4.78 is 7.34. The van der Waals surface area contributed by atoms with Crippen molar-refractivity contribution in [2.24, 2.45) is 5.73 Å². The SMILES string of the molecule is C/C(N)=C(/C#N)C(=O)CSc1nnc(-c2ccco2)n1Cc1ccccc1. The van der Waals surface area contributed by atoms with Gasteiger partial charge in [-0.3, -0.25) is 9.36 Å². The molecule has 0 radical (unpaired) electrons. The van der Waals surface area contributed by atoms with E-state index in [1.54, 1.807) is 18.4 Å². The fraction of sp³-hybridized carbons (Fsp3) is 0.158. The minimum absolute atomic E-state index is 0.0251. The predicted octanol–water partition coefficient (Wildman–Crippen LogP) is 3.00. The highest BCUT2D eigenvalue weighted by molar-refractivity contribution is 7.99. The van der Waals surface area contributed by atoms with Gasteiger partial charge in [-0.05, 0) is 24.6 Å². The van der Waals surface area contributed by atoms with Gasteiger partial charge in [-0.15, -0.1) is 10.2 Å². The normalized spacial score (nSPS) is 11.7. The maximum atomic E-state index is 12.2. The minimum Gasteiger partial charge on any atom is -0.461 e. The lowest BCUT2D eigenvalue weighted by Crippen LogP contribution is -2.11. The first kappa shape index (κ1) is 18.5. The van der Waals surface area contributed by atoms with Crippen LogP contribution in [0.4, 0.5) is 0 Å². The molecule has 0 aliphatic carbocycles. The Bertz CT molecular complexity index is 997. The minimum atomic E-state index is -0.337. The smallest absolute Gasteiger partial charge is 0.200 e. The average molecular weight is 379 g/mol. The number of thioether (sulfide) groups is 1. The van der Waals surface area contributed by atoms with Gasteiger partial charge in [0.15, 0.2) is 16.7 Å². The monoisotopic (exact) mass is 379 g/mol. The van der Waals surface area contributed by atoms with E-state index in [1.165, 1.54) is 18.7 Å². The van der Waals surface area contributed by atoms with Gasteiger partial charge < -0.3 is 10.2 Å². The summed E-state index contributed by atoms with van der Waals surface area (Å²) in [5.41, 5.74) is 6.85. The molecule has 0 saturated heterocycles. The van der Waals surface area contributed by atoms with Crippen molar-refractivity contribution in [3.8, 4) is 17.7 Å². The number of nitrogens with two attached hydrogens (primary N) is 1. The molecule has 3 rings (SSSR count). The third kappa shape index (κ3) is 4.27. The molecule has 2 heterocycles. The van der Waals surface area contributed by atoms with Gasteiger partial charge in [0.2, 0.25) is 5.82 Å². The number of hydrogen-bond donors (Lipinski definition) is 1. The van der Waals surface area contributed by atoms with Gasteiger partial charge in [0, 0.05) is 5.70 Å². The van der Waals surface area contributed by atoms with Gasteiger partial charge in [-0.25, -0.2) is 0 Å². The van der Waals surface area contributed by atoms with Gasteiger partial charge in [-0.2, -0.15) is 5.26 Å². The number of furan rings is 1. The second-order valence-corrected chi connectivity index (χ2v) is 6.68. The van der Waals surface area contributed by atoms with Crippen molar-refractivity contribution >= 4 is 17.5 Å². The molecule has 0 aliphatic heterocycles. The Morgan fingerprint density at radius 1 is 1.26 bits per heavy atom. The zero-order valence-electron chi connectivity index (χ0n) is 14.6. The van der Waals surface area contributed by atoms with Crippen LogP contribution in [0.2, 0.25) is 0 Å². The summed E-state index contributed by atoms with van der Waals surface area (Å²) in [6, 6.07) is 15.3. The van der Waals surface area contributed by atoms with E-state index in [4.69, 9.17) is 15.4 Å². The molecule has 0 unspecified atom stereocenters. The van der Waals surface area contributed by atoms with Crippen LogP contribution < -0.4 is 5.73 Å². The van der Waals surface area contributed by atoms with E-state index in [9.17, 15) is 4.79 Å². The summed E-state index contributed by atoms with van der Waals surface area (Å²) in [7, 11) is 0. The largest absolute Gasteiger partial charge is 0.461 e. The molecule has 2 N–H and O–H groups in total. The molecule has 3 aromatic rings. The third-order valence-electron chi connectivity index (χ3n) is 3.76. The van der Waals surface area contributed by atoms with Gasteiger partial charge >= 0.3 is 0 Å². The van der Waals surface area contributed by atoms with Gasteiger partial charge in [-0.1, -0.05) is 42.1 Å². The molecular weight excluding hydrogens is 362 g/mol. The Hall–Kier alpha value is -3.31. The number of rotatable bonds is 7. The molecule has 0 bridgehead atoms. The molecule has 136 valence electrons. The summed E-state index contributed by atoms with van der Waals surface area (Å²) in [6.07, 6.45) is 1.57. The van der Waals surface area contributed by atoms with Crippen LogP contribution in [0.1, 0.15) is 12.5 Å². The molecule has 0 spiro atoms. The number of allylic oxidation sites excluding steroid dienone is 2. The van der Waals surface area contributed by atoms with Crippen LogP contribution in [0.25, 0.3) is 11.6 Å². The van der Waals surface area contributed by atoms with Crippen LogP contribution in [0.5, 0.6) is 0 Å². The summed E-state index contributed by atoms with van der Waals surface area (Å²) >= 11 is 1.21. The number of nitriles is 1. The van der Waals surface area contributed by atoms with Crippen molar-refractivity contribution in [2.45, 2.75) is 18.6 Å². The van der Waals surface area contributed by atoms with Crippen LogP contribution in [0.3, 0.4) is 0 Å². The van der Waals surface area contributed by atoms with Crippen molar-refractivity contribution in [3.63, 3.8) is 0 Å². The molecule has 7 nitrogen and oxygen atoms in total. The van der Waals surface area contributed by atoms with Crippen LogP contribution in [-0.2, 0) is 11.3 Å². The number of benzene rings is 1. The van der Waals surface area contributed by atoms with Crippen LogP contribution >= 0.6 is 11.8 Å². The van der Waals surface area contributed by atoms with Gasteiger partial charge in [0.05, 0.1) is 18.6 Å². The van der Waals surface area contributed by atoms with E-state index < -0.39 is 0 Å². The Labute approximate surface area is 160 Å². The number of carbonyl (C=O) groups is 1. The van der Waals surface area contributed by atoms with E-state index in [-0.39, 0.29) is 22.8 Å². The highest BCUT2D eigenvalue weighted by Gasteiger charge is 2.19. The molecule has 0 atom stereocenters. The van der Waals surface area contributed by atoms with Crippen molar-refractivity contribution in [2.75, 3.05) is 5.75 Å². The Morgan fingerprint density at radius 3 is 2.67 bits per heavy atom. The molecule has 1 aromatic carbocycles. The van der Waals surface area contributed by atoms with Crippen LogP contribution in [0, 0.1) is 11.3 Å². The van der Waals surface area contributed by atoms with Crippen molar-refractivity contribution in [3.05, 3.63) is 65.6 Å². The number of nitrogens with zero attached hydrogens (tertiary/aromatic N) is 4. The number of carbonyl (C=O) groups excluding carboxylic acids is 1. The fourth-order valence-corrected chi connectivity index (χ4v) is 3.27. The quantitative estimate of drug-likeness (QED) is 0.381. The topological polar surface area (TPSA) is 111 Å². The molecule has 2 aromatic heterocycles. The second kappa shape index (κ2) is 8.38. The second-order valence-electron chi connectivity index (χ2n) is 5.74. The number of ketones is 1. The molecule has 0 fully saturated rings. The highest BCUT2D eigenvalue weighted by Crippen LogP contribution is 2.26. The van der Waals surface area contributed by atoms with Gasteiger partial charge in [0.25, 0.3) is 0 Å². The first-order valence-corrected chi connectivity index (χ1v) is 9.12. The number of aromatic nitrogens is 3.